The minimum absolute atomic E-state index is 0.0177. The third-order valence-electron chi connectivity index (χ3n) is 4.28. The van der Waals surface area contributed by atoms with Crippen LogP contribution in [-0.2, 0) is 11.3 Å². The zero-order chi connectivity index (χ0) is 16.3. The minimum Gasteiger partial charge on any atom is -0.383 e. The number of hydrogen-bond acceptors (Lipinski definition) is 3. The Balaban J connectivity index is 2.06. The van der Waals surface area contributed by atoms with Crippen LogP contribution < -0.4 is 5.32 Å². The molecule has 2 amide bonds. The monoisotopic (exact) mass is 308 g/mol. The number of rotatable bonds is 4. The Labute approximate surface area is 132 Å². The van der Waals surface area contributed by atoms with Crippen LogP contribution >= 0.6 is 0 Å². The molecular weight excluding hydrogens is 280 g/mol. The molecule has 1 N–H and O–H groups in total. The molecule has 0 aliphatic carbocycles. The number of carbonyl (C=O) groups is 1. The lowest BCUT2D eigenvalue weighted by Crippen LogP contribution is -2.44. The van der Waals surface area contributed by atoms with Gasteiger partial charge in [0.25, 0.3) is 0 Å². The lowest BCUT2D eigenvalue weighted by atomic mass is 9.92. The number of aryl methyl sites for hydroxylation is 1. The molecule has 1 saturated heterocycles. The first-order valence-corrected chi connectivity index (χ1v) is 8.01. The van der Waals surface area contributed by atoms with Crippen LogP contribution in [0.4, 0.5) is 10.5 Å². The van der Waals surface area contributed by atoms with Crippen LogP contribution in [0.3, 0.4) is 0 Å². The number of nitrogens with one attached hydrogen (secondary N) is 1. The van der Waals surface area contributed by atoms with Gasteiger partial charge in [-0.05, 0) is 32.1 Å². The third kappa shape index (κ3) is 3.80. The van der Waals surface area contributed by atoms with Crippen molar-refractivity contribution in [1.29, 1.82) is 0 Å². The van der Waals surface area contributed by atoms with Gasteiger partial charge in [-0.15, -0.1) is 0 Å². The van der Waals surface area contributed by atoms with E-state index in [0.29, 0.717) is 25.0 Å². The van der Waals surface area contributed by atoms with Crippen LogP contribution in [0.2, 0.25) is 0 Å². The topological polar surface area (TPSA) is 59.4 Å². The SMILES string of the molecule is COCCn1nc(C)c(NC(=O)N2C[C@H](C)C[C@H](C)C2)c1C. The second-order valence-electron chi connectivity index (χ2n) is 6.54. The van der Waals surface area contributed by atoms with E-state index in [1.807, 2.05) is 23.4 Å². The van der Waals surface area contributed by atoms with Crippen LogP contribution in [0.1, 0.15) is 31.7 Å². The molecular formula is C16H28N4O2. The average molecular weight is 308 g/mol. The van der Waals surface area contributed by atoms with Crippen LogP contribution in [0.5, 0.6) is 0 Å². The standard InChI is InChI=1S/C16H28N4O2/c1-11-8-12(2)10-19(9-11)16(21)17-15-13(3)18-20(14(15)4)6-7-22-5/h11-12H,6-10H2,1-5H3,(H,17,21)/t11-,12+. The van der Waals surface area contributed by atoms with Gasteiger partial charge in [0.05, 0.1) is 30.2 Å². The summed E-state index contributed by atoms with van der Waals surface area (Å²) in [6.45, 7) is 11.3. The van der Waals surface area contributed by atoms with Crippen molar-refractivity contribution in [3.8, 4) is 0 Å². The molecule has 2 rings (SSSR count). The maximum Gasteiger partial charge on any atom is 0.321 e. The summed E-state index contributed by atoms with van der Waals surface area (Å²) >= 11 is 0. The van der Waals surface area contributed by atoms with Crippen molar-refractivity contribution in [1.82, 2.24) is 14.7 Å². The zero-order valence-electron chi connectivity index (χ0n) is 14.3. The Kier molecular flexibility index (Phi) is 5.45. The fourth-order valence-electron chi connectivity index (χ4n) is 3.29. The summed E-state index contributed by atoms with van der Waals surface area (Å²) in [5.74, 6) is 1.11. The van der Waals surface area contributed by atoms with Gasteiger partial charge in [0.2, 0.25) is 0 Å². The van der Waals surface area contributed by atoms with Crippen molar-refractivity contribution < 1.29 is 9.53 Å². The third-order valence-corrected chi connectivity index (χ3v) is 4.28. The number of aromatic nitrogens is 2. The van der Waals surface area contributed by atoms with Crippen LogP contribution in [0.15, 0.2) is 0 Å². The maximum atomic E-state index is 12.5. The van der Waals surface area contributed by atoms with Crippen LogP contribution in [-0.4, -0.2) is 47.5 Å². The number of anilines is 1. The molecule has 1 aromatic rings. The highest BCUT2D eigenvalue weighted by molar-refractivity contribution is 5.90. The summed E-state index contributed by atoms with van der Waals surface area (Å²) in [4.78, 5) is 14.5. The van der Waals surface area contributed by atoms with E-state index in [1.165, 1.54) is 6.42 Å². The Bertz CT molecular complexity index is 516. The van der Waals surface area contributed by atoms with E-state index in [9.17, 15) is 4.79 Å². The molecule has 0 aromatic carbocycles. The first-order valence-electron chi connectivity index (χ1n) is 8.01. The number of hydrogen-bond donors (Lipinski definition) is 1. The van der Waals surface area contributed by atoms with E-state index in [4.69, 9.17) is 4.74 Å². The fraction of sp³-hybridized carbons (Fsp3) is 0.750. The Morgan fingerprint density at radius 1 is 1.32 bits per heavy atom. The largest absolute Gasteiger partial charge is 0.383 e. The van der Waals surface area contributed by atoms with Crippen LogP contribution in [0, 0.1) is 25.7 Å². The van der Waals surface area contributed by atoms with Crippen molar-refractivity contribution >= 4 is 11.7 Å². The van der Waals surface area contributed by atoms with Crippen molar-refractivity contribution in [2.24, 2.45) is 11.8 Å². The lowest BCUT2D eigenvalue weighted by molar-refractivity contribution is 0.156. The molecule has 2 heterocycles. The molecule has 22 heavy (non-hydrogen) atoms. The molecule has 0 bridgehead atoms. The van der Waals surface area contributed by atoms with Gasteiger partial charge in [-0.2, -0.15) is 5.10 Å². The number of carbonyl (C=O) groups excluding carboxylic acids is 1. The molecule has 1 fully saturated rings. The summed E-state index contributed by atoms with van der Waals surface area (Å²) in [7, 11) is 1.67. The van der Waals surface area contributed by atoms with E-state index in [0.717, 1.165) is 30.2 Å². The molecule has 6 heteroatoms. The molecule has 0 saturated carbocycles. The normalized spacial score (nSPS) is 22.0. The molecule has 1 aromatic heterocycles. The zero-order valence-corrected chi connectivity index (χ0v) is 14.3. The number of likely N-dealkylation sites (tertiary alicyclic amines) is 1. The number of urea groups is 1. The molecule has 124 valence electrons. The van der Waals surface area contributed by atoms with Gasteiger partial charge < -0.3 is 15.0 Å². The van der Waals surface area contributed by atoms with Crippen molar-refractivity contribution in [3.63, 3.8) is 0 Å². The Hall–Kier alpha value is -1.56. The van der Waals surface area contributed by atoms with Crippen LogP contribution in [0.25, 0.3) is 0 Å². The number of ether oxygens (including phenoxy) is 1. The molecule has 2 atom stereocenters. The van der Waals surface area contributed by atoms with E-state index in [2.05, 4.69) is 24.3 Å². The van der Waals surface area contributed by atoms with E-state index in [1.54, 1.807) is 7.11 Å². The summed E-state index contributed by atoms with van der Waals surface area (Å²) in [6.07, 6.45) is 1.19. The van der Waals surface area contributed by atoms with Crippen molar-refractivity contribution in [3.05, 3.63) is 11.4 Å². The maximum absolute atomic E-state index is 12.5. The van der Waals surface area contributed by atoms with Crippen molar-refractivity contribution in [2.75, 3.05) is 32.1 Å². The minimum atomic E-state index is -0.0177. The lowest BCUT2D eigenvalue weighted by Gasteiger charge is -2.34. The van der Waals surface area contributed by atoms with E-state index in [-0.39, 0.29) is 6.03 Å². The molecule has 0 spiro atoms. The van der Waals surface area contributed by atoms with E-state index < -0.39 is 0 Å². The van der Waals surface area contributed by atoms with Gasteiger partial charge in [-0.3, -0.25) is 4.68 Å². The second-order valence-corrected chi connectivity index (χ2v) is 6.54. The highest BCUT2D eigenvalue weighted by atomic mass is 16.5. The predicted octanol–water partition coefficient (Wildman–Crippen LogP) is 2.66. The molecule has 1 aliphatic heterocycles. The summed E-state index contributed by atoms with van der Waals surface area (Å²) < 4.78 is 6.98. The predicted molar refractivity (Wildman–Crippen MR) is 87.1 cm³/mol. The second kappa shape index (κ2) is 7.13. The number of amides is 2. The molecule has 0 radical (unpaired) electrons. The highest BCUT2D eigenvalue weighted by Crippen LogP contribution is 2.24. The van der Waals surface area contributed by atoms with Gasteiger partial charge in [0.1, 0.15) is 0 Å². The van der Waals surface area contributed by atoms with E-state index >= 15 is 0 Å². The summed E-state index contributed by atoms with van der Waals surface area (Å²) in [5, 5.41) is 7.53. The van der Waals surface area contributed by atoms with Gasteiger partial charge in [-0.1, -0.05) is 13.8 Å². The van der Waals surface area contributed by atoms with Crippen molar-refractivity contribution in [2.45, 2.75) is 40.7 Å². The Morgan fingerprint density at radius 2 is 1.95 bits per heavy atom. The quantitative estimate of drug-likeness (QED) is 0.930. The smallest absolute Gasteiger partial charge is 0.321 e. The Morgan fingerprint density at radius 3 is 2.55 bits per heavy atom. The highest BCUT2D eigenvalue weighted by Gasteiger charge is 2.26. The fourth-order valence-corrected chi connectivity index (χ4v) is 3.29. The molecule has 6 nitrogen and oxygen atoms in total. The number of methoxy groups -OCH3 is 1. The first-order chi connectivity index (χ1) is 10.4. The van der Waals surface area contributed by atoms with Gasteiger partial charge in [0, 0.05) is 20.2 Å². The number of piperidine rings is 1. The molecule has 0 unspecified atom stereocenters. The first kappa shape index (κ1) is 16.8. The molecule has 1 aliphatic rings. The van der Waals surface area contributed by atoms with Gasteiger partial charge >= 0.3 is 6.03 Å². The summed E-state index contributed by atoms with van der Waals surface area (Å²) in [5.41, 5.74) is 2.65. The average Bonchev–Trinajstić information content (AvgIpc) is 2.71. The van der Waals surface area contributed by atoms with Gasteiger partial charge in [0.15, 0.2) is 0 Å². The number of nitrogens with zero attached hydrogens (tertiary/aromatic N) is 3. The van der Waals surface area contributed by atoms with Gasteiger partial charge in [-0.25, -0.2) is 4.79 Å². The summed E-state index contributed by atoms with van der Waals surface area (Å²) in [6, 6.07) is -0.0177.